The summed E-state index contributed by atoms with van der Waals surface area (Å²) in [6.45, 7) is -0.487. The Labute approximate surface area is 56.9 Å². The Morgan fingerprint density at radius 2 is 2.00 bits per heavy atom. The number of aliphatic hydroxyl groups is 3. The lowest BCUT2D eigenvalue weighted by molar-refractivity contribution is -0.121. The zero-order valence-corrected chi connectivity index (χ0v) is 5.14. The van der Waals surface area contributed by atoms with Crippen LogP contribution in [0.5, 0.6) is 0 Å². The molecule has 0 unspecified atom stereocenters. The van der Waals surface area contributed by atoms with Gasteiger partial charge in [0.25, 0.3) is 0 Å². The van der Waals surface area contributed by atoms with E-state index < -0.39 is 31.3 Å². The van der Waals surface area contributed by atoms with Crippen molar-refractivity contribution in [3.63, 3.8) is 0 Å². The third-order valence-electron chi connectivity index (χ3n) is 1.47. The van der Waals surface area contributed by atoms with Gasteiger partial charge in [0.15, 0.2) is 12.5 Å². The van der Waals surface area contributed by atoms with Crippen molar-refractivity contribution in [2.45, 2.75) is 24.7 Å². The van der Waals surface area contributed by atoms with Gasteiger partial charge in [-0.2, -0.15) is 0 Å². The quantitative estimate of drug-likeness (QED) is 0.423. The minimum absolute atomic E-state index is 0.487. The highest BCUT2D eigenvalue weighted by atomic mass is 19.1. The molecule has 0 aromatic rings. The molecule has 3 N–H and O–H groups in total. The van der Waals surface area contributed by atoms with Crippen molar-refractivity contribution in [1.82, 2.24) is 0 Å². The second-order valence-corrected chi connectivity index (χ2v) is 2.18. The van der Waals surface area contributed by atoms with Crippen molar-refractivity contribution >= 4 is 0 Å². The molecule has 0 bridgehead atoms. The molecule has 60 valence electrons. The van der Waals surface area contributed by atoms with Gasteiger partial charge in [-0.25, -0.2) is 4.39 Å². The van der Waals surface area contributed by atoms with Crippen molar-refractivity contribution < 1.29 is 24.4 Å². The van der Waals surface area contributed by atoms with E-state index in [-0.39, 0.29) is 0 Å². The third-order valence-corrected chi connectivity index (χ3v) is 1.47. The van der Waals surface area contributed by atoms with Crippen LogP contribution in [0.15, 0.2) is 0 Å². The maximum absolute atomic E-state index is 12.4. The van der Waals surface area contributed by atoms with Gasteiger partial charge in [-0.05, 0) is 0 Å². The van der Waals surface area contributed by atoms with Gasteiger partial charge in [-0.1, -0.05) is 0 Å². The van der Waals surface area contributed by atoms with E-state index in [1.165, 1.54) is 0 Å². The molecule has 1 heterocycles. The average molecular weight is 152 g/mol. The van der Waals surface area contributed by atoms with E-state index in [0.717, 1.165) is 0 Å². The van der Waals surface area contributed by atoms with Gasteiger partial charge in [0.05, 0.1) is 6.61 Å². The van der Waals surface area contributed by atoms with Crippen LogP contribution in [-0.2, 0) is 4.74 Å². The molecule has 4 nitrogen and oxygen atoms in total. The molecule has 4 atom stereocenters. The standard InChI is InChI=1S/C5H9FO4/c6-3-4(8)2(1-7)10-5(3)9/h2-5,7-9H,1H2/t2-,3-,4-,5-/m1/s1. The van der Waals surface area contributed by atoms with Crippen LogP contribution in [0.25, 0.3) is 0 Å². The smallest absolute Gasteiger partial charge is 0.189 e. The number of ether oxygens (including phenoxy) is 1. The normalized spacial score (nSPS) is 48.0. The Bertz CT molecular complexity index is 120. The Morgan fingerprint density at radius 1 is 1.40 bits per heavy atom. The second kappa shape index (κ2) is 2.79. The fraction of sp³-hybridized carbons (Fsp3) is 1.00. The minimum Gasteiger partial charge on any atom is -0.394 e. The summed E-state index contributed by atoms with van der Waals surface area (Å²) in [7, 11) is 0. The molecule has 1 fully saturated rings. The molecule has 1 aliphatic heterocycles. The van der Waals surface area contributed by atoms with Gasteiger partial charge in [-0.15, -0.1) is 0 Å². The van der Waals surface area contributed by atoms with E-state index in [1.54, 1.807) is 0 Å². The summed E-state index contributed by atoms with van der Waals surface area (Å²) in [4.78, 5) is 0. The maximum Gasteiger partial charge on any atom is 0.189 e. The van der Waals surface area contributed by atoms with Gasteiger partial charge >= 0.3 is 0 Å². The summed E-state index contributed by atoms with van der Waals surface area (Å²) in [5.41, 5.74) is 0. The molecule has 1 aliphatic rings. The van der Waals surface area contributed by atoms with Gasteiger partial charge < -0.3 is 20.1 Å². The van der Waals surface area contributed by atoms with E-state index in [4.69, 9.17) is 15.3 Å². The molecule has 0 amide bonds. The highest BCUT2D eigenvalue weighted by molar-refractivity contribution is 4.85. The van der Waals surface area contributed by atoms with Crippen LogP contribution in [-0.4, -0.2) is 46.6 Å². The van der Waals surface area contributed by atoms with Gasteiger partial charge in [0.1, 0.15) is 12.2 Å². The highest BCUT2D eigenvalue weighted by Crippen LogP contribution is 2.21. The molecule has 0 saturated carbocycles. The number of rotatable bonds is 1. The zero-order valence-electron chi connectivity index (χ0n) is 5.14. The lowest BCUT2D eigenvalue weighted by Gasteiger charge is -2.08. The summed E-state index contributed by atoms with van der Waals surface area (Å²) in [5.74, 6) is 0. The van der Waals surface area contributed by atoms with Crippen LogP contribution in [0.4, 0.5) is 4.39 Å². The van der Waals surface area contributed by atoms with E-state index in [9.17, 15) is 4.39 Å². The van der Waals surface area contributed by atoms with E-state index in [0.29, 0.717) is 0 Å². The number of hydrogen-bond acceptors (Lipinski definition) is 4. The van der Waals surface area contributed by atoms with Crippen LogP contribution in [0.2, 0.25) is 0 Å². The monoisotopic (exact) mass is 152 g/mol. The zero-order chi connectivity index (χ0) is 7.72. The fourth-order valence-electron chi connectivity index (χ4n) is 0.859. The van der Waals surface area contributed by atoms with Crippen molar-refractivity contribution in [3.05, 3.63) is 0 Å². The molecule has 1 rings (SSSR count). The molecule has 0 aliphatic carbocycles. The first-order valence-electron chi connectivity index (χ1n) is 2.93. The first-order valence-corrected chi connectivity index (χ1v) is 2.93. The number of aliphatic hydroxyl groups excluding tert-OH is 3. The van der Waals surface area contributed by atoms with Crippen LogP contribution < -0.4 is 0 Å². The van der Waals surface area contributed by atoms with Gasteiger partial charge in [-0.3, -0.25) is 0 Å². The summed E-state index contributed by atoms with van der Waals surface area (Å²) < 4.78 is 16.8. The molecular formula is C5H9FO4. The number of alkyl halides is 1. The Hall–Kier alpha value is -0.230. The summed E-state index contributed by atoms with van der Waals surface area (Å²) in [6.07, 6.45) is -5.82. The first kappa shape index (κ1) is 7.87. The van der Waals surface area contributed by atoms with Crippen LogP contribution in [0.1, 0.15) is 0 Å². The Balaban J connectivity index is 2.53. The van der Waals surface area contributed by atoms with Crippen LogP contribution >= 0.6 is 0 Å². The SMILES string of the molecule is OC[C@H]1O[C@@H](O)[C@H](F)[C@@H]1O. The van der Waals surface area contributed by atoms with E-state index >= 15 is 0 Å². The largest absolute Gasteiger partial charge is 0.394 e. The summed E-state index contributed by atoms with van der Waals surface area (Å²) in [5, 5.41) is 25.8. The highest BCUT2D eigenvalue weighted by Gasteiger charge is 2.42. The van der Waals surface area contributed by atoms with E-state index in [2.05, 4.69) is 4.74 Å². The van der Waals surface area contributed by atoms with Crippen molar-refractivity contribution in [2.24, 2.45) is 0 Å². The molecule has 0 aromatic heterocycles. The van der Waals surface area contributed by atoms with Gasteiger partial charge in [0, 0.05) is 0 Å². The topological polar surface area (TPSA) is 69.9 Å². The first-order chi connectivity index (χ1) is 4.66. The summed E-state index contributed by atoms with van der Waals surface area (Å²) >= 11 is 0. The molecule has 0 aromatic carbocycles. The van der Waals surface area contributed by atoms with Gasteiger partial charge in [0.2, 0.25) is 0 Å². The summed E-state index contributed by atoms with van der Waals surface area (Å²) in [6, 6.07) is 0. The average Bonchev–Trinajstić information content (AvgIpc) is 2.17. The lowest BCUT2D eigenvalue weighted by atomic mass is 10.2. The fourth-order valence-corrected chi connectivity index (χ4v) is 0.859. The molecule has 1 saturated heterocycles. The van der Waals surface area contributed by atoms with E-state index in [1.807, 2.05) is 0 Å². The van der Waals surface area contributed by atoms with Crippen molar-refractivity contribution in [3.8, 4) is 0 Å². The van der Waals surface area contributed by atoms with Crippen LogP contribution in [0.3, 0.4) is 0 Å². The lowest BCUT2D eigenvalue weighted by Crippen LogP contribution is -2.30. The van der Waals surface area contributed by atoms with Crippen molar-refractivity contribution in [2.75, 3.05) is 6.61 Å². The number of hydrogen-bond donors (Lipinski definition) is 3. The predicted molar refractivity (Wildman–Crippen MR) is 28.9 cm³/mol. The molecule has 10 heavy (non-hydrogen) atoms. The third kappa shape index (κ3) is 1.13. The maximum atomic E-state index is 12.4. The predicted octanol–water partition coefficient (Wildman–Crippen LogP) is -1.61. The Kier molecular flexibility index (Phi) is 2.20. The van der Waals surface area contributed by atoms with Crippen LogP contribution in [0, 0.1) is 0 Å². The Morgan fingerprint density at radius 3 is 2.20 bits per heavy atom. The number of halogens is 1. The molecular weight excluding hydrogens is 143 g/mol. The minimum atomic E-state index is -1.81. The second-order valence-electron chi connectivity index (χ2n) is 2.18. The molecule has 5 heteroatoms. The van der Waals surface area contributed by atoms with Crippen molar-refractivity contribution in [1.29, 1.82) is 0 Å². The molecule has 0 radical (unpaired) electrons. The molecule has 0 spiro atoms.